The van der Waals surface area contributed by atoms with Gasteiger partial charge < -0.3 is 10.2 Å². The molecule has 2 N–H and O–H groups in total. The van der Waals surface area contributed by atoms with Crippen molar-refractivity contribution in [1.82, 2.24) is 20.5 Å². The van der Waals surface area contributed by atoms with Crippen LogP contribution in [-0.2, 0) is 5.92 Å². The SMILES string of the molecule is CNC1CCN(c2n[nH]c(C(F)(F)C(F)F)n2)CC1. The molecule has 0 spiro atoms. The van der Waals surface area contributed by atoms with Gasteiger partial charge in [0.1, 0.15) is 0 Å². The van der Waals surface area contributed by atoms with Crippen LogP contribution < -0.4 is 10.2 Å². The first-order chi connectivity index (χ1) is 8.95. The Hall–Kier alpha value is -1.38. The van der Waals surface area contributed by atoms with Gasteiger partial charge in [0.25, 0.3) is 0 Å². The molecule has 0 radical (unpaired) electrons. The predicted molar refractivity (Wildman–Crippen MR) is 60.6 cm³/mol. The molecule has 0 bridgehead atoms. The van der Waals surface area contributed by atoms with Crippen molar-refractivity contribution < 1.29 is 17.6 Å². The van der Waals surface area contributed by atoms with Gasteiger partial charge in [0.2, 0.25) is 11.8 Å². The van der Waals surface area contributed by atoms with Crippen LogP contribution in [0.3, 0.4) is 0 Å². The summed E-state index contributed by atoms with van der Waals surface area (Å²) < 4.78 is 50.5. The Morgan fingerprint density at radius 1 is 1.37 bits per heavy atom. The molecular formula is C10H15F4N5. The van der Waals surface area contributed by atoms with Gasteiger partial charge in [-0.05, 0) is 19.9 Å². The maximum atomic E-state index is 13.1. The molecule has 0 aromatic carbocycles. The number of piperidine rings is 1. The van der Waals surface area contributed by atoms with Crippen molar-refractivity contribution in [2.75, 3.05) is 25.0 Å². The third-order valence-corrected chi connectivity index (χ3v) is 3.25. The number of anilines is 1. The lowest BCUT2D eigenvalue weighted by atomic mass is 10.1. The van der Waals surface area contributed by atoms with Crippen LogP contribution in [-0.4, -0.2) is 47.8 Å². The average Bonchev–Trinajstić information content (AvgIpc) is 2.89. The highest BCUT2D eigenvalue weighted by atomic mass is 19.3. The van der Waals surface area contributed by atoms with E-state index < -0.39 is 18.2 Å². The van der Waals surface area contributed by atoms with Crippen LogP contribution in [0.15, 0.2) is 0 Å². The van der Waals surface area contributed by atoms with Crippen LogP contribution >= 0.6 is 0 Å². The van der Waals surface area contributed by atoms with Crippen molar-refractivity contribution in [3.05, 3.63) is 5.82 Å². The molecular weight excluding hydrogens is 266 g/mol. The largest absolute Gasteiger partial charge is 0.365 e. The minimum atomic E-state index is -4.30. The second kappa shape index (κ2) is 5.32. The molecule has 1 aromatic rings. The minimum Gasteiger partial charge on any atom is -0.339 e. The fourth-order valence-electron chi connectivity index (χ4n) is 2.01. The highest BCUT2D eigenvalue weighted by Gasteiger charge is 2.46. The summed E-state index contributed by atoms with van der Waals surface area (Å²) in [5, 5.41) is 8.62. The van der Waals surface area contributed by atoms with Crippen molar-refractivity contribution >= 4 is 5.95 Å². The first-order valence-corrected chi connectivity index (χ1v) is 5.96. The van der Waals surface area contributed by atoms with Gasteiger partial charge in [-0.1, -0.05) is 0 Å². The summed E-state index contributed by atoms with van der Waals surface area (Å²) in [5.74, 6) is -5.34. The zero-order valence-corrected chi connectivity index (χ0v) is 10.3. The number of halogens is 4. The van der Waals surface area contributed by atoms with Gasteiger partial charge in [-0.15, -0.1) is 5.10 Å². The molecule has 9 heteroatoms. The number of aromatic amines is 1. The Balaban J connectivity index is 2.06. The number of nitrogens with zero attached hydrogens (tertiary/aromatic N) is 3. The van der Waals surface area contributed by atoms with Crippen LogP contribution in [0.1, 0.15) is 18.7 Å². The molecule has 1 aliphatic rings. The van der Waals surface area contributed by atoms with Crippen LogP contribution in [0.2, 0.25) is 0 Å². The summed E-state index contributed by atoms with van der Waals surface area (Å²) in [6, 6.07) is 0.372. The Bertz CT molecular complexity index is 414. The molecule has 0 atom stereocenters. The molecule has 0 aliphatic carbocycles. The molecule has 0 amide bonds. The van der Waals surface area contributed by atoms with Crippen LogP contribution in [0, 0.1) is 0 Å². The number of hydrogen-bond acceptors (Lipinski definition) is 4. The topological polar surface area (TPSA) is 56.8 Å². The number of alkyl halides is 4. The second-order valence-corrected chi connectivity index (χ2v) is 4.46. The van der Waals surface area contributed by atoms with E-state index in [2.05, 4.69) is 15.4 Å². The number of rotatable bonds is 4. The normalized spacial score (nSPS) is 18.3. The predicted octanol–water partition coefficient (Wildman–Crippen LogP) is 1.35. The number of H-pyrrole nitrogens is 1. The lowest BCUT2D eigenvalue weighted by Crippen LogP contribution is -2.41. The molecule has 1 fully saturated rings. The van der Waals surface area contributed by atoms with Crippen molar-refractivity contribution in [2.45, 2.75) is 31.2 Å². The zero-order valence-electron chi connectivity index (χ0n) is 10.3. The lowest BCUT2D eigenvalue weighted by Gasteiger charge is -2.30. The quantitative estimate of drug-likeness (QED) is 0.818. The Morgan fingerprint density at radius 3 is 2.53 bits per heavy atom. The summed E-state index contributed by atoms with van der Waals surface area (Å²) in [4.78, 5) is 5.19. The standard InChI is InChI=1S/C10H15F4N5/c1-15-6-2-4-19(5-3-6)9-16-8(17-18-9)10(13,14)7(11)12/h6-7,15H,2-5H2,1H3,(H,16,17,18). The second-order valence-electron chi connectivity index (χ2n) is 4.46. The van der Waals surface area contributed by atoms with E-state index >= 15 is 0 Å². The van der Waals surface area contributed by atoms with Gasteiger partial charge in [-0.25, -0.2) is 8.78 Å². The van der Waals surface area contributed by atoms with E-state index in [1.54, 1.807) is 4.90 Å². The Kier molecular flexibility index (Phi) is 3.93. The van der Waals surface area contributed by atoms with Crippen molar-refractivity contribution in [1.29, 1.82) is 0 Å². The fourth-order valence-corrected chi connectivity index (χ4v) is 2.01. The summed E-state index contributed by atoms with van der Waals surface area (Å²) in [5.41, 5.74) is 0. The summed E-state index contributed by atoms with van der Waals surface area (Å²) in [6.45, 7) is 1.20. The minimum absolute atomic E-state index is 0.0462. The van der Waals surface area contributed by atoms with Crippen molar-refractivity contribution in [3.8, 4) is 0 Å². The summed E-state index contributed by atoms with van der Waals surface area (Å²) >= 11 is 0. The molecule has 19 heavy (non-hydrogen) atoms. The molecule has 5 nitrogen and oxygen atoms in total. The van der Waals surface area contributed by atoms with E-state index in [9.17, 15) is 17.6 Å². The summed E-state index contributed by atoms with van der Waals surface area (Å²) in [7, 11) is 1.86. The van der Waals surface area contributed by atoms with E-state index in [1.165, 1.54) is 0 Å². The maximum absolute atomic E-state index is 13.1. The molecule has 108 valence electrons. The van der Waals surface area contributed by atoms with Crippen molar-refractivity contribution in [2.24, 2.45) is 0 Å². The van der Waals surface area contributed by atoms with E-state index in [0.717, 1.165) is 12.8 Å². The molecule has 0 unspecified atom stereocenters. The van der Waals surface area contributed by atoms with E-state index in [4.69, 9.17) is 0 Å². The third kappa shape index (κ3) is 2.80. The molecule has 2 heterocycles. The van der Waals surface area contributed by atoms with E-state index in [1.807, 2.05) is 12.1 Å². The highest BCUT2D eigenvalue weighted by Crippen LogP contribution is 2.32. The van der Waals surface area contributed by atoms with Crippen LogP contribution in [0.5, 0.6) is 0 Å². The number of aromatic nitrogens is 3. The van der Waals surface area contributed by atoms with Crippen LogP contribution in [0.25, 0.3) is 0 Å². The van der Waals surface area contributed by atoms with Gasteiger partial charge in [0.15, 0.2) is 0 Å². The van der Waals surface area contributed by atoms with Gasteiger partial charge in [0.05, 0.1) is 0 Å². The van der Waals surface area contributed by atoms with Crippen LogP contribution in [0.4, 0.5) is 23.5 Å². The van der Waals surface area contributed by atoms with Gasteiger partial charge in [-0.2, -0.15) is 13.8 Å². The molecule has 1 saturated heterocycles. The number of hydrogen-bond donors (Lipinski definition) is 2. The molecule has 1 aromatic heterocycles. The zero-order chi connectivity index (χ0) is 14.0. The monoisotopic (exact) mass is 281 g/mol. The first kappa shape index (κ1) is 14.0. The van der Waals surface area contributed by atoms with Gasteiger partial charge in [-0.3, -0.25) is 5.10 Å². The van der Waals surface area contributed by atoms with E-state index in [0.29, 0.717) is 19.1 Å². The number of nitrogens with one attached hydrogen (secondary N) is 2. The van der Waals surface area contributed by atoms with Gasteiger partial charge in [0, 0.05) is 19.1 Å². The Labute approximate surface area is 107 Å². The fraction of sp³-hybridized carbons (Fsp3) is 0.800. The average molecular weight is 281 g/mol. The maximum Gasteiger partial charge on any atom is 0.365 e. The lowest BCUT2D eigenvalue weighted by molar-refractivity contribution is -0.140. The Morgan fingerprint density at radius 2 is 2.00 bits per heavy atom. The van der Waals surface area contributed by atoms with Crippen molar-refractivity contribution in [3.63, 3.8) is 0 Å². The smallest absolute Gasteiger partial charge is 0.339 e. The van der Waals surface area contributed by atoms with Gasteiger partial charge >= 0.3 is 12.3 Å². The third-order valence-electron chi connectivity index (χ3n) is 3.25. The first-order valence-electron chi connectivity index (χ1n) is 5.96. The highest BCUT2D eigenvalue weighted by molar-refractivity contribution is 5.30. The van der Waals surface area contributed by atoms with E-state index in [-0.39, 0.29) is 5.95 Å². The molecule has 1 aliphatic heterocycles. The molecule has 0 saturated carbocycles. The molecule has 2 rings (SSSR count). The summed E-state index contributed by atoms with van der Waals surface area (Å²) in [6.07, 6.45) is -2.15.